The number of rotatable bonds is 9. The van der Waals surface area contributed by atoms with Crippen LogP contribution >= 0.6 is 0 Å². The Morgan fingerprint density at radius 1 is 1.17 bits per heavy atom. The number of carbonyl (C=O) groups is 1. The number of carbonyl (C=O) groups excluding carboxylic acids is 1. The topological polar surface area (TPSA) is 63.9 Å². The van der Waals surface area contributed by atoms with Crippen molar-refractivity contribution in [1.82, 2.24) is 10.2 Å². The fraction of sp³-hybridized carbons (Fsp3) is 0.522. The van der Waals surface area contributed by atoms with Crippen molar-refractivity contribution < 1.29 is 18.7 Å². The van der Waals surface area contributed by atoms with Crippen molar-refractivity contribution in [2.24, 2.45) is 5.92 Å². The first kappa shape index (κ1) is 21.2. The Bertz CT molecular complexity index is 767. The third-order valence-corrected chi connectivity index (χ3v) is 5.16. The third-order valence-electron chi connectivity index (χ3n) is 5.16. The van der Waals surface area contributed by atoms with Crippen LogP contribution < -0.4 is 14.8 Å². The molecule has 1 amide bonds. The monoisotopic (exact) mass is 400 g/mol. The highest BCUT2D eigenvalue weighted by molar-refractivity contribution is 5.94. The molecule has 2 aromatic rings. The molecule has 0 bridgehead atoms. The van der Waals surface area contributed by atoms with Gasteiger partial charge in [-0.2, -0.15) is 0 Å². The second-order valence-corrected chi connectivity index (χ2v) is 7.91. The number of nitrogens with one attached hydrogen (secondary N) is 1. The molecule has 1 fully saturated rings. The van der Waals surface area contributed by atoms with Gasteiger partial charge in [0.25, 0.3) is 5.91 Å². The van der Waals surface area contributed by atoms with E-state index in [9.17, 15) is 4.79 Å². The molecule has 3 rings (SSSR count). The van der Waals surface area contributed by atoms with Gasteiger partial charge in [-0.05, 0) is 62.2 Å². The number of furan rings is 1. The van der Waals surface area contributed by atoms with Crippen molar-refractivity contribution in [3.05, 3.63) is 47.9 Å². The Morgan fingerprint density at radius 3 is 2.62 bits per heavy atom. The summed E-state index contributed by atoms with van der Waals surface area (Å²) < 4.78 is 16.9. The van der Waals surface area contributed by atoms with Crippen molar-refractivity contribution in [1.29, 1.82) is 0 Å². The van der Waals surface area contributed by atoms with Crippen LogP contribution in [0, 0.1) is 5.92 Å². The quantitative estimate of drug-likeness (QED) is 0.681. The summed E-state index contributed by atoms with van der Waals surface area (Å²) in [5.41, 5.74) is 0.551. The van der Waals surface area contributed by atoms with Crippen molar-refractivity contribution in [2.45, 2.75) is 39.2 Å². The van der Waals surface area contributed by atoms with Crippen LogP contribution in [-0.2, 0) is 0 Å². The predicted molar refractivity (Wildman–Crippen MR) is 113 cm³/mol. The number of piperidine rings is 1. The Morgan fingerprint density at radius 2 is 1.97 bits per heavy atom. The number of ether oxygens (including phenoxy) is 2. The number of hydrogen-bond donors (Lipinski definition) is 1. The van der Waals surface area contributed by atoms with Gasteiger partial charge in [0.1, 0.15) is 5.76 Å². The Balaban J connectivity index is 1.66. The van der Waals surface area contributed by atoms with E-state index in [0.717, 1.165) is 18.8 Å². The maximum Gasteiger partial charge on any atom is 0.251 e. The van der Waals surface area contributed by atoms with Gasteiger partial charge in [-0.3, -0.25) is 9.69 Å². The zero-order valence-electron chi connectivity index (χ0n) is 17.6. The molecule has 0 spiro atoms. The summed E-state index contributed by atoms with van der Waals surface area (Å²) in [7, 11) is 1.59. The maximum absolute atomic E-state index is 12.8. The van der Waals surface area contributed by atoms with Crippen molar-refractivity contribution in [3.63, 3.8) is 0 Å². The molecule has 2 heterocycles. The van der Waals surface area contributed by atoms with Gasteiger partial charge in [-0.1, -0.05) is 20.3 Å². The van der Waals surface area contributed by atoms with Gasteiger partial charge in [-0.25, -0.2) is 0 Å². The summed E-state index contributed by atoms with van der Waals surface area (Å²) in [5.74, 6) is 2.39. The lowest BCUT2D eigenvalue weighted by atomic mass is 10.1. The molecule has 1 aromatic carbocycles. The minimum absolute atomic E-state index is 0.0461. The highest BCUT2D eigenvalue weighted by Gasteiger charge is 2.25. The van der Waals surface area contributed by atoms with E-state index in [-0.39, 0.29) is 11.9 Å². The third kappa shape index (κ3) is 5.76. The minimum Gasteiger partial charge on any atom is -0.493 e. The molecule has 6 nitrogen and oxygen atoms in total. The highest BCUT2D eigenvalue weighted by atomic mass is 16.5. The van der Waals surface area contributed by atoms with E-state index in [0.29, 0.717) is 36.1 Å². The average Bonchev–Trinajstić information content (AvgIpc) is 3.27. The number of likely N-dealkylation sites (tertiary alicyclic amines) is 1. The van der Waals surface area contributed by atoms with Gasteiger partial charge < -0.3 is 19.2 Å². The van der Waals surface area contributed by atoms with Gasteiger partial charge in [0.2, 0.25) is 0 Å². The Labute approximate surface area is 173 Å². The van der Waals surface area contributed by atoms with E-state index >= 15 is 0 Å². The zero-order valence-corrected chi connectivity index (χ0v) is 17.6. The molecule has 158 valence electrons. The molecular formula is C23H32N2O4. The fourth-order valence-corrected chi connectivity index (χ4v) is 3.60. The van der Waals surface area contributed by atoms with E-state index < -0.39 is 0 Å². The zero-order chi connectivity index (χ0) is 20.6. The van der Waals surface area contributed by atoms with Crippen LogP contribution in [0.2, 0.25) is 0 Å². The minimum atomic E-state index is -0.132. The van der Waals surface area contributed by atoms with Gasteiger partial charge in [0, 0.05) is 12.1 Å². The SMILES string of the molecule is COc1cc(C(=O)NCC(c2ccco2)N2CCCCC2)ccc1OCC(C)C. The van der Waals surface area contributed by atoms with Gasteiger partial charge in [0.15, 0.2) is 11.5 Å². The smallest absolute Gasteiger partial charge is 0.251 e. The molecule has 1 aromatic heterocycles. The summed E-state index contributed by atoms with van der Waals surface area (Å²) in [4.78, 5) is 15.2. The lowest BCUT2D eigenvalue weighted by Gasteiger charge is -2.33. The van der Waals surface area contributed by atoms with E-state index in [1.165, 1.54) is 19.3 Å². The van der Waals surface area contributed by atoms with Crippen molar-refractivity contribution >= 4 is 5.91 Å². The van der Waals surface area contributed by atoms with Crippen molar-refractivity contribution in [3.8, 4) is 11.5 Å². The first-order chi connectivity index (χ1) is 14.1. The predicted octanol–water partition coefficient (Wildman–Crippen LogP) is 4.28. The second kappa shape index (κ2) is 10.3. The maximum atomic E-state index is 12.8. The standard InChI is InChI=1S/C23H32N2O4/c1-17(2)16-29-21-10-9-18(14-22(21)27-3)23(26)24-15-19(20-8-7-13-28-20)25-11-5-4-6-12-25/h7-10,13-14,17,19H,4-6,11-12,15-16H2,1-3H3,(H,24,26). The van der Waals surface area contributed by atoms with Crippen LogP contribution in [0.4, 0.5) is 0 Å². The molecule has 1 atom stereocenters. The lowest BCUT2D eigenvalue weighted by Crippen LogP contribution is -2.40. The molecule has 1 aliphatic heterocycles. The molecule has 0 radical (unpaired) electrons. The molecule has 0 aliphatic carbocycles. The lowest BCUT2D eigenvalue weighted by molar-refractivity contribution is 0.0913. The van der Waals surface area contributed by atoms with Crippen LogP contribution in [0.3, 0.4) is 0 Å². The summed E-state index contributed by atoms with van der Waals surface area (Å²) in [6, 6.07) is 9.23. The molecule has 1 aliphatic rings. The molecule has 0 saturated carbocycles. The fourth-order valence-electron chi connectivity index (χ4n) is 3.60. The molecule has 29 heavy (non-hydrogen) atoms. The van der Waals surface area contributed by atoms with Gasteiger partial charge in [-0.15, -0.1) is 0 Å². The molecule has 6 heteroatoms. The number of hydrogen-bond acceptors (Lipinski definition) is 5. The Hall–Kier alpha value is -2.47. The average molecular weight is 401 g/mol. The second-order valence-electron chi connectivity index (χ2n) is 7.91. The van der Waals surface area contributed by atoms with E-state index in [1.54, 1.807) is 31.6 Å². The largest absolute Gasteiger partial charge is 0.493 e. The van der Waals surface area contributed by atoms with Gasteiger partial charge in [0.05, 0.1) is 26.0 Å². The normalized spacial score (nSPS) is 15.9. The van der Waals surface area contributed by atoms with Crippen LogP contribution in [0.1, 0.15) is 55.3 Å². The summed E-state index contributed by atoms with van der Waals surface area (Å²) in [6.07, 6.45) is 5.31. The molecule has 1 unspecified atom stereocenters. The van der Waals surface area contributed by atoms with Gasteiger partial charge >= 0.3 is 0 Å². The summed E-state index contributed by atoms with van der Waals surface area (Å²) in [5, 5.41) is 3.07. The number of amides is 1. The van der Waals surface area contributed by atoms with E-state index in [1.807, 2.05) is 12.1 Å². The Kier molecular flexibility index (Phi) is 7.58. The number of nitrogens with zero attached hydrogens (tertiary/aromatic N) is 1. The van der Waals surface area contributed by atoms with E-state index in [2.05, 4.69) is 24.1 Å². The van der Waals surface area contributed by atoms with Crippen LogP contribution in [0.5, 0.6) is 11.5 Å². The van der Waals surface area contributed by atoms with Crippen molar-refractivity contribution in [2.75, 3.05) is 33.4 Å². The molecule has 1 N–H and O–H groups in total. The number of methoxy groups -OCH3 is 1. The summed E-state index contributed by atoms with van der Waals surface area (Å²) >= 11 is 0. The highest BCUT2D eigenvalue weighted by Crippen LogP contribution is 2.29. The van der Waals surface area contributed by atoms with Crippen LogP contribution in [-0.4, -0.2) is 44.2 Å². The molecular weight excluding hydrogens is 368 g/mol. The van der Waals surface area contributed by atoms with Crippen LogP contribution in [0.15, 0.2) is 41.0 Å². The van der Waals surface area contributed by atoms with E-state index in [4.69, 9.17) is 13.9 Å². The van der Waals surface area contributed by atoms with Crippen LogP contribution in [0.25, 0.3) is 0 Å². The number of benzene rings is 1. The summed E-state index contributed by atoms with van der Waals surface area (Å²) in [6.45, 7) is 7.33. The first-order valence-corrected chi connectivity index (χ1v) is 10.4. The first-order valence-electron chi connectivity index (χ1n) is 10.4. The molecule has 1 saturated heterocycles.